The van der Waals surface area contributed by atoms with Crippen molar-refractivity contribution in [3.8, 4) is 17.2 Å². The lowest BCUT2D eigenvalue weighted by atomic mass is 9.99. The van der Waals surface area contributed by atoms with E-state index in [1.54, 1.807) is 37.4 Å². The largest absolute Gasteiger partial charge is 0.325 e. The van der Waals surface area contributed by atoms with Crippen LogP contribution >= 0.6 is 0 Å². The van der Waals surface area contributed by atoms with E-state index < -0.39 is 11.4 Å². The Labute approximate surface area is 119 Å². The maximum atomic E-state index is 14.3. The van der Waals surface area contributed by atoms with Crippen LogP contribution in [0.25, 0.3) is 22.0 Å². The number of H-pyrrole nitrogens is 1. The van der Waals surface area contributed by atoms with Crippen LogP contribution in [0.1, 0.15) is 11.3 Å². The fourth-order valence-corrected chi connectivity index (χ4v) is 2.31. The number of hydrogen-bond donors (Lipinski definition) is 1. The van der Waals surface area contributed by atoms with Gasteiger partial charge in [-0.05, 0) is 25.1 Å². The van der Waals surface area contributed by atoms with E-state index in [1.165, 1.54) is 6.07 Å². The smallest absolute Gasteiger partial charge is 0.266 e. The molecule has 4 nitrogen and oxygen atoms in total. The molecule has 1 N–H and O–H groups in total. The maximum Gasteiger partial charge on any atom is 0.266 e. The lowest BCUT2D eigenvalue weighted by Gasteiger charge is -2.08. The first-order chi connectivity index (χ1) is 10.1. The van der Waals surface area contributed by atoms with E-state index in [0.29, 0.717) is 16.8 Å². The van der Waals surface area contributed by atoms with Gasteiger partial charge in [0, 0.05) is 34.5 Å². The monoisotopic (exact) mass is 279 g/mol. The Bertz CT molecular complexity index is 954. The SMILES string of the molecule is Cc1cc(-c2cc3cccnc3cc2F)c(C#N)c(=O)[nH]1. The number of benzene rings is 1. The topological polar surface area (TPSA) is 69.5 Å². The first-order valence-electron chi connectivity index (χ1n) is 6.29. The van der Waals surface area contributed by atoms with Gasteiger partial charge in [0.15, 0.2) is 0 Å². The summed E-state index contributed by atoms with van der Waals surface area (Å²) in [4.78, 5) is 18.5. The zero-order valence-corrected chi connectivity index (χ0v) is 11.1. The van der Waals surface area contributed by atoms with Gasteiger partial charge in [-0.1, -0.05) is 6.07 Å². The van der Waals surface area contributed by atoms with Gasteiger partial charge in [-0.25, -0.2) is 4.39 Å². The van der Waals surface area contributed by atoms with E-state index in [1.807, 2.05) is 6.07 Å². The van der Waals surface area contributed by atoms with Gasteiger partial charge in [0.05, 0.1) is 5.52 Å². The summed E-state index contributed by atoms with van der Waals surface area (Å²) in [5.74, 6) is -0.511. The molecule has 0 aliphatic carbocycles. The molecule has 0 saturated carbocycles. The lowest BCUT2D eigenvalue weighted by Crippen LogP contribution is -2.13. The zero-order chi connectivity index (χ0) is 15.0. The summed E-state index contributed by atoms with van der Waals surface area (Å²) in [6.45, 7) is 1.69. The van der Waals surface area contributed by atoms with Gasteiger partial charge in [0.25, 0.3) is 5.56 Å². The molecule has 0 aliphatic heterocycles. The molecule has 0 saturated heterocycles. The Morgan fingerprint density at radius 2 is 2.10 bits per heavy atom. The fraction of sp³-hybridized carbons (Fsp3) is 0.0625. The number of pyridine rings is 2. The number of fused-ring (bicyclic) bond motifs is 1. The minimum atomic E-state index is -0.516. The van der Waals surface area contributed by atoms with Crippen LogP contribution in [0.3, 0.4) is 0 Å². The van der Waals surface area contributed by atoms with Crippen molar-refractivity contribution in [3.05, 3.63) is 64.0 Å². The van der Waals surface area contributed by atoms with Crippen molar-refractivity contribution in [2.75, 3.05) is 0 Å². The number of aromatic nitrogens is 2. The van der Waals surface area contributed by atoms with Crippen molar-refractivity contribution in [1.29, 1.82) is 5.26 Å². The molecule has 0 amide bonds. The van der Waals surface area contributed by atoms with Crippen LogP contribution < -0.4 is 5.56 Å². The summed E-state index contributed by atoms with van der Waals surface area (Å²) in [5, 5.41) is 9.90. The number of rotatable bonds is 1. The summed E-state index contributed by atoms with van der Waals surface area (Å²) in [6.07, 6.45) is 1.58. The van der Waals surface area contributed by atoms with Crippen molar-refractivity contribution in [3.63, 3.8) is 0 Å². The average molecular weight is 279 g/mol. The minimum absolute atomic E-state index is 0.0947. The predicted molar refractivity (Wildman–Crippen MR) is 77.2 cm³/mol. The third-order valence-corrected chi connectivity index (χ3v) is 3.26. The standard InChI is InChI=1S/C16H10FN3O/c1-9-5-11(13(8-18)16(21)20-9)12-6-10-3-2-4-19-15(10)7-14(12)17/h2-7H,1H3,(H,20,21). The molecular weight excluding hydrogens is 269 g/mol. The van der Waals surface area contributed by atoms with Gasteiger partial charge in [0.1, 0.15) is 17.4 Å². The highest BCUT2D eigenvalue weighted by molar-refractivity contribution is 5.85. The van der Waals surface area contributed by atoms with Crippen LogP contribution in [-0.2, 0) is 0 Å². The number of nitriles is 1. The van der Waals surface area contributed by atoms with E-state index >= 15 is 0 Å². The molecule has 3 rings (SSSR count). The summed E-state index contributed by atoms with van der Waals surface area (Å²) in [5.41, 5.74) is 1.00. The van der Waals surface area contributed by atoms with E-state index in [4.69, 9.17) is 5.26 Å². The molecule has 5 heteroatoms. The molecule has 21 heavy (non-hydrogen) atoms. The van der Waals surface area contributed by atoms with Crippen LogP contribution in [0.15, 0.2) is 41.3 Å². The molecule has 0 fully saturated rings. The molecule has 0 atom stereocenters. The van der Waals surface area contributed by atoms with Gasteiger partial charge in [-0.15, -0.1) is 0 Å². The highest BCUT2D eigenvalue weighted by Gasteiger charge is 2.15. The molecule has 0 unspecified atom stereocenters. The van der Waals surface area contributed by atoms with Crippen molar-refractivity contribution in [1.82, 2.24) is 9.97 Å². The van der Waals surface area contributed by atoms with Crippen molar-refractivity contribution >= 4 is 10.9 Å². The molecule has 2 aromatic heterocycles. The Kier molecular flexibility index (Phi) is 2.99. The normalized spacial score (nSPS) is 10.5. The van der Waals surface area contributed by atoms with Gasteiger partial charge in [-0.2, -0.15) is 5.26 Å². The van der Waals surface area contributed by atoms with Crippen molar-refractivity contribution < 1.29 is 4.39 Å². The van der Waals surface area contributed by atoms with Crippen LogP contribution in [0, 0.1) is 24.1 Å². The molecule has 0 radical (unpaired) electrons. The van der Waals surface area contributed by atoms with Gasteiger partial charge in [-0.3, -0.25) is 9.78 Å². The molecular formula is C16H10FN3O. The van der Waals surface area contributed by atoms with Gasteiger partial charge >= 0.3 is 0 Å². The molecule has 0 aliphatic rings. The van der Waals surface area contributed by atoms with Crippen LogP contribution in [0.5, 0.6) is 0 Å². The first-order valence-corrected chi connectivity index (χ1v) is 6.29. The number of nitrogens with one attached hydrogen (secondary N) is 1. The molecule has 0 bridgehead atoms. The maximum absolute atomic E-state index is 14.3. The van der Waals surface area contributed by atoms with E-state index in [2.05, 4.69) is 9.97 Å². The predicted octanol–water partition coefficient (Wildman–Crippen LogP) is 2.91. The Hall–Kier alpha value is -3.00. The fourth-order valence-electron chi connectivity index (χ4n) is 2.31. The van der Waals surface area contributed by atoms with Crippen LogP contribution in [0.2, 0.25) is 0 Å². The Balaban J connectivity index is 2.38. The number of halogens is 1. The second kappa shape index (κ2) is 4.84. The van der Waals surface area contributed by atoms with Gasteiger partial charge in [0.2, 0.25) is 0 Å². The molecule has 102 valence electrons. The van der Waals surface area contributed by atoms with Gasteiger partial charge < -0.3 is 4.98 Å². The third-order valence-electron chi connectivity index (χ3n) is 3.26. The molecule has 0 spiro atoms. The number of aromatic amines is 1. The summed E-state index contributed by atoms with van der Waals surface area (Å²) in [7, 11) is 0. The second-order valence-corrected chi connectivity index (χ2v) is 4.71. The highest BCUT2D eigenvalue weighted by Crippen LogP contribution is 2.28. The number of nitrogens with zero attached hydrogens (tertiary/aromatic N) is 2. The Morgan fingerprint density at radius 1 is 1.29 bits per heavy atom. The van der Waals surface area contributed by atoms with E-state index in [0.717, 1.165) is 5.39 Å². The van der Waals surface area contributed by atoms with Crippen molar-refractivity contribution in [2.45, 2.75) is 6.92 Å². The number of hydrogen-bond acceptors (Lipinski definition) is 3. The van der Waals surface area contributed by atoms with Crippen LogP contribution in [0.4, 0.5) is 4.39 Å². The van der Waals surface area contributed by atoms with Crippen molar-refractivity contribution in [2.24, 2.45) is 0 Å². The van der Waals surface area contributed by atoms with E-state index in [-0.39, 0.29) is 11.1 Å². The first kappa shape index (κ1) is 13.0. The Morgan fingerprint density at radius 3 is 2.86 bits per heavy atom. The second-order valence-electron chi connectivity index (χ2n) is 4.71. The minimum Gasteiger partial charge on any atom is -0.325 e. The highest BCUT2D eigenvalue weighted by atomic mass is 19.1. The summed E-state index contributed by atoms with van der Waals surface area (Å²) in [6, 6.07) is 9.90. The quantitative estimate of drug-likeness (QED) is 0.744. The lowest BCUT2D eigenvalue weighted by molar-refractivity contribution is 0.632. The summed E-state index contributed by atoms with van der Waals surface area (Å²) >= 11 is 0. The summed E-state index contributed by atoms with van der Waals surface area (Å²) < 4.78 is 14.3. The molecule has 1 aromatic carbocycles. The zero-order valence-electron chi connectivity index (χ0n) is 11.1. The third kappa shape index (κ3) is 2.17. The van der Waals surface area contributed by atoms with E-state index in [9.17, 15) is 9.18 Å². The number of aryl methyl sites for hydroxylation is 1. The average Bonchev–Trinajstić information content (AvgIpc) is 2.45. The van der Waals surface area contributed by atoms with Crippen LogP contribution in [-0.4, -0.2) is 9.97 Å². The molecule has 2 heterocycles. The molecule has 3 aromatic rings.